The van der Waals surface area contributed by atoms with Gasteiger partial charge in [-0.25, -0.2) is 12.8 Å². The summed E-state index contributed by atoms with van der Waals surface area (Å²) in [5.41, 5.74) is 0.405. The van der Waals surface area contributed by atoms with E-state index in [0.717, 1.165) is 16.6 Å². The van der Waals surface area contributed by atoms with Crippen molar-refractivity contribution in [3.63, 3.8) is 0 Å². The molecule has 2 aromatic rings. The highest BCUT2D eigenvalue weighted by Gasteiger charge is 2.17. The summed E-state index contributed by atoms with van der Waals surface area (Å²) in [6.45, 7) is 0. The van der Waals surface area contributed by atoms with Gasteiger partial charge in [0.1, 0.15) is 0 Å². The Morgan fingerprint density at radius 3 is 2.60 bits per heavy atom. The third-order valence-electron chi connectivity index (χ3n) is 2.51. The molecule has 0 unspecified atom stereocenters. The molecule has 0 bridgehead atoms. The first-order chi connectivity index (χ1) is 9.42. The SMILES string of the molecule is COc1cc(S(=O)(=O)Nc2cccc(Br)c2)ccc1F. The Balaban J connectivity index is 2.35. The van der Waals surface area contributed by atoms with Gasteiger partial charge in [0.25, 0.3) is 10.0 Å². The first-order valence-electron chi connectivity index (χ1n) is 5.54. The van der Waals surface area contributed by atoms with Crippen molar-refractivity contribution in [1.29, 1.82) is 0 Å². The number of sulfonamides is 1. The molecule has 0 aliphatic heterocycles. The minimum absolute atomic E-state index is 0.0734. The van der Waals surface area contributed by atoms with Crippen LogP contribution in [0, 0.1) is 5.82 Å². The van der Waals surface area contributed by atoms with Gasteiger partial charge in [0, 0.05) is 16.2 Å². The lowest BCUT2D eigenvalue weighted by Gasteiger charge is -2.10. The van der Waals surface area contributed by atoms with E-state index in [9.17, 15) is 12.8 Å². The van der Waals surface area contributed by atoms with Crippen molar-refractivity contribution in [2.75, 3.05) is 11.8 Å². The molecular formula is C13H11BrFNO3S. The fourth-order valence-electron chi connectivity index (χ4n) is 1.57. The van der Waals surface area contributed by atoms with Gasteiger partial charge in [-0.2, -0.15) is 0 Å². The Hall–Kier alpha value is -1.60. The number of benzene rings is 2. The quantitative estimate of drug-likeness (QED) is 0.909. The van der Waals surface area contributed by atoms with E-state index in [-0.39, 0.29) is 10.6 Å². The van der Waals surface area contributed by atoms with Crippen LogP contribution in [0.3, 0.4) is 0 Å². The van der Waals surface area contributed by atoms with Crippen LogP contribution in [0.2, 0.25) is 0 Å². The molecule has 7 heteroatoms. The molecule has 2 aromatic carbocycles. The van der Waals surface area contributed by atoms with Crippen LogP contribution in [0.15, 0.2) is 51.8 Å². The molecule has 4 nitrogen and oxygen atoms in total. The second-order valence-electron chi connectivity index (χ2n) is 3.91. The third kappa shape index (κ3) is 3.29. The van der Waals surface area contributed by atoms with Crippen molar-refractivity contribution in [3.05, 3.63) is 52.8 Å². The highest BCUT2D eigenvalue weighted by Crippen LogP contribution is 2.24. The summed E-state index contributed by atoms with van der Waals surface area (Å²) >= 11 is 3.25. The highest BCUT2D eigenvalue weighted by molar-refractivity contribution is 9.10. The molecule has 2 rings (SSSR count). The standard InChI is InChI=1S/C13H11BrFNO3S/c1-19-13-8-11(5-6-12(13)15)20(17,18)16-10-4-2-3-9(14)7-10/h2-8,16H,1H3. The number of rotatable bonds is 4. The summed E-state index contributed by atoms with van der Waals surface area (Å²) in [4.78, 5) is -0.0734. The van der Waals surface area contributed by atoms with E-state index < -0.39 is 15.8 Å². The number of halogens is 2. The molecule has 0 aliphatic carbocycles. The Bertz CT molecular complexity index is 734. The van der Waals surface area contributed by atoms with E-state index in [1.807, 2.05) is 0 Å². The molecule has 106 valence electrons. The lowest BCUT2D eigenvalue weighted by atomic mass is 10.3. The normalized spacial score (nSPS) is 11.2. The van der Waals surface area contributed by atoms with Gasteiger partial charge >= 0.3 is 0 Å². The van der Waals surface area contributed by atoms with Gasteiger partial charge in [-0.1, -0.05) is 22.0 Å². The maximum absolute atomic E-state index is 13.3. The van der Waals surface area contributed by atoms with E-state index in [1.165, 1.54) is 13.2 Å². The van der Waals surface area contributed by atoms with E-state index in [0.29, 0.717) is 5.69 Å². The maximum Gasteiger partial charge on any atom is 0.262 e. The predicted octanol–water partition coefficient (Wildman–Crippen LogP) is 3.40. The van der Waals surface area contributed by atoms with Gasteiger partial charge in [-0.05, 0) is 30.3 Å². The summed E-state index contributed by atoms with van der Waals surface area (Å²) < 4.78 is 45.6. The summed E-state index contributed by atoms with van der Waals surface area (Å²) in [5.74, 6) is -0.740. The highest BCUT2D eigenvalue weighted by atomic mass is 79.9. The van der Waals surface area contributed by atoms with Crippen molar-refractivity contribution < 1.29 is 17.5 Å². The zero-order chi connectivity index (χ0) is 14.8. The molecule has 20 heavy (non-hydrogen) atoms. The van der Waals surface area contributed by atoms with E-state index >= 15 is 0 Å². The van der Waals surface area contributed by atoms with Crippen molar-refractivity contribution in [2.24, 2.45) is 0 Å². The molecule has 0 fully saturated rings. The van der Waals surface area contributed by atoms with Gasteiger partial charge in [0.2, 0.25) is 0 Å². The van der Waals surface area contributed by atoms with Crippen molar-refractivity contribution in [1.82, 2.24) is 0 Å². The van der Waals surface area contributed by atoms with E-state index in [1.54, 1.807) is 24.3 Å². The molecule has 0 radical (unpaired) electrons. The topological polar surface area (TPSA) is 55.4 Å². The molecule has 0 saturated heterocycles. The molecule has 0 saturated carbocycles. The Morgan fingerprint density at radius 2 is 1.95 bits per heavy atom. The van der Waals surface area contributed by atoms with Crippen LogP contribution in [0.25, 0.3) is 0 Å². The fraction of sp³-hybridized carbons (Fsp3) is 0.0769. The van der Waals surface area contributed by atoms with Crippen LogP contribution in [0.1, 0.15) is 0 Å². The van der Waals surface area contributed by atoms with Gasteiger partial charge in [-0.3, -0.25) is 4.72 Å². The van der Waals surface area contributed by atoms with Crippen LogP contribution in [0.4, 0.5) is 10.1 Å². The van der Waals surface area contributed by atoms with Gasteiger partial charge < -0.3 is 4.74 Å². The van der Waals surface area contributed by atoms with Crippen LogP contribution in [-0.2, 0) is 10.0 Å². The van der Waals surface area contributed by atoms with Crippen molar-refractivity contribution in [2.45, 2.75) is 4.90 Å². The third-order valence-corrected chi connectivity index (χ3v) is 4.38. The van der Waals surface area contributed by atoms with Crippen LogP contribution >= 0.6 is 15.9 Å². The number of anilines is 1. The van der Waals surface area contributed by atoms with E-state index in [2.05, 4.69) is 20.7 Å². The number of nitrogens with one attached hydrogen (secondary N) is 1. The first kappa shape index (κ1) is 14.8. The van der Waals surface area contributed by atoms with Gasteiger partial charge in [0.15, 0.2) is 11.6 Å². The molecule has 0 aliphatic rings. The van der Waals surface area contributed by atoms with Crippen molar-refractivity contribution in [3.8, 4) is 5.75 Å². The fourth-order valence-corrected chi connectivity index (χ4v) is 3.04. The Labute approximate surface area is 124 Å². The minimum atomic E-state index is -3.80. The molecule has 1 N–H and O–H groups in total. The lowest BCUT2D eigenvalue weighted by Crippen LogP contribution is -2.13. The van der Waals surface area contributed by atoms with Crippen LogP contribution in [-0.4, -0.2) is 15.5 Å². The van der Waals surface area contributed by atoms with Gasteiger partial charge in [0.05, 0.1) is 12.0 Å². The molecular weight excluding hydrogens is 349 g/mol. The number of ether oxygens (including phenoxy) is 1. The first-order valence-corrected chi connectivity index (χ1v) is 7.82. The van der Waals surface area contributed by atoms with Gasteiger partial charge in [-0.15, -0.1) is 0 Å². The second kappa shape index (κ2) is 5.80. The minimum Gasteiger partial charge on any atom is -0.494 e. The molecule has 0 heterocycles. The van der Waals surface area contributed by atoms with E-state index in [4.69, 9.17) is 4.74 Å². The summed E-state index contributed by atoms with van der Waals surface area (Å²) in [5, 5.41) is 0. The number of methoxy groups -OCH3 is 1. The zero-order valence-electron chi connectivity index (χ0n) is 10.4. The Kier molecular flexibility index (Phi) is 4.29. The number of hydrogen-bond acceptors (Lipinski definition) is 3. The molecule has 0 atom stereocenters. The van der Waals surface area contributed by atoms with Crippen LogP contribution < -0.4 is 9.46 Å². The van der Waals surface area contributed by atoms with Crippen molar-refractivity contribution >= 4 is 31.6 Å². The van der Waals surface area contributed by atoms with Crippen LogP contribution in [0.5, 0.6) is 5.75 Å². The molecule has 0 aromatic heterocycles. The molecule has 0 spiro atoms. The molecule has 0 amide bonds. The predicted molar refractivity (Wildman–Crippen MR) is 77.9 cm³/mol. The Morgan fingerprint density at radius 1 is 1.20 bits per heavy atom. The average molecular weight is 360 g/mol. The smallest absolute Gasteiger partial charge is 0.262 e. The number of hydrogen-bond donors (Lipinski definition) is 1. The largest absolute Gasteiger partial charge is 0.494 e. The maximum atomic E-state index is 13.3. The summed E-state index contributed by atoms with van der Waals surface area (Å²) in [6.07, 6.45) is 0. The zero-order valence-corrected chi connectivity index (χ0v) is 12.8. The summed E-state index contributed by atoms with van der Waals surface area (Å²) in [6, 6.07) is 10.1. The monoisotopic (exact) mass is 359 g/mol. The summed E-state index contributed by atoms with van der Waals surface area (Å²) in [7, 11) is -2.52. The average Bonchev–Trinajstić information content (AvgIpc) is 2.38. The lowest BCUT2D eigenvalue weighted by molar-refractivity contribution is 0.385. The second-order valence-corrected chi connectivity index (χ2v) is 6.51.